The van der Waals surface area contributed by atoms with Crippen molar-refractivity contribution in [1.82, 2.24) is 9.80 Å². The highest BCUT2D eigenvalue weighted by Crippen LogP contribution is 2.41. The third-order valence-electron chi connectivity index (χ3n) is 4.81. The van der Waals surface area contributed by atoms with Crippen molar-refractivity contribution in [3.63, 3.8) is 0 Å². The van der Waals surface area contributed by atoms with Crippen molar-refractivity contribution < 1.29 is 19.1 Å². The second kappa shape index (κ2) is 7.01. The van der Waals surface area contributed by atoms with Crippen LogP contribution in [0.15, 0.2) is 18.2 Å². The molecule has 0 N–H and O–H groups in total. The van der Waals surface area contributed by atoms with Crippen molar-refractivity contribution >= 4 is 12.0 Å². The number of carbonyl (C=O) groups is 2. The van der Waals surface area contributed by atoms with Gasteiger partial charge in [0.2, 0.25) is 0 Å². The average Bonchev–Trinajstić information content (AvgIpc) is 2.94. The molecule has 25 heavy (non-hydrogen) atoms. The van der Waals surface area contributed by atoms with Gasteiger partial charge in [-0.05, 0) is 25.8 Å². The van der Waals surface area contributed by atoms with Crippen LogP contribution in [-0.2, 0) is 4.74 Å². The zero-order valence-corrected chi connectivity index (χ0v) is 14.4. The summed E-state index contributed by atoms with van der Waals surface area (Å²) in [6.07, 6.45) is 0.924. The summed E-state index contributed by atoms with van der Waals surface area (Å²) in [4.78, 5) is 28.1. The highest BCUT2D eigenvalue weighted by Gasteiger charge is 2.43. The van der Waals surface area contributed by atoms with Crippen LogP contribution in [-0.4, -0.2) is 54.6 Å². The predicted octanol–water partition coefficient (Wildman–Crippen LogP) is 2.34. The zero-order valence-electron chi connectivity index (χ0n) is 14.4. The molecule has 1 aromatic carbocycles. The number of nitriles is 1. The Morgan fingerprint density at radius 1 is 1.36 bits per heavy atom. The highest BCUT2D eigenvalue weighted by molar-refractivity contribution is 6.02. The fourth-order valence-corrected chi connectivity index (χ4v) is 3.62. The maximum Gasteiger partial charge on any atom is 0.409 e. The van der Waals surface area contributed by atoms with Gasteiger partial charge in [-0.2, -0.15) is 5.26 Å². The van der Waals surface area contributed by atoms with Crippen LogP contribution in [0.3, 0.4) is 0 Å². The van der Waals surface area contributed by atoms with Crippen molar-refractivity contribution in [2.45, 2.75) is 31.8 Å². The van der Waals surface area contributed by atoms with Crippen LogP contribution in [0, 0.1) is 11.3 Å². The van der Waals surface area contributed by atoms with E-state index in [0.29, 0.717) is 49.4 Å². The van der Waals surface area contributed by atoms with E-state index in [4.69, 9.17) is 9.47 Å². The molecule has 2 aliphatic heterocycles. The lowest BCUT2D eigenvalue weighted by atomic mass is 10.0. The summed E-state index contributed by atoms with van der Waals surface area (Å²) < 4.78 is 10.3. The Morgan fingerprint density at radius 3 is 2.68 bits per heavy atom. The number of carbonyl (C=O) groups excluding carboxylic acids is 2. The van der Waals surface area contributed by atoms with Gasteiger partial charge in [-0.25, -0.2) is 4.79 Å². The number of amides is 2. The SMILES string of the molecule is CCOC(=O)N1CCC(N2C(=O)c3c(OC)cccc3C2C#N)CC1. The van der Waals surface area contributed by atoms with Crippen molar-refractivity contribution in [3.8, 4) is 11.8 Å². The number of nitrogens with zero attached hydrogens (tertiary/aromatic N) is 3. The van der Waals surface area contributed by atoms with Crippen LogP contribution in [0.25, 0.3) is 0 Å². The van der Waals surface area contributed by atoms with Crippen molar-refractivity contribution in [2.75, 3.05) is 26.8 Å². The van der Waals surface area contributed by atoms with Crippen LogP contribution >= 0.6 is 0 Å². The van der Waals surface area contributed by atoms with Crippen molar-refractivity contribution in [1.29, 1.82) is 5.26 Å². The lowest BCUT2D eigenvalue weighted by Crippen LogP contribution is -2.48. The minimum absolute atomic E-state index is 0.0834. The average molecular weight is 343 g/mol. The number of hydrogen-bond donors (Lipinski definition) is 0. The van der Waals surface area contributed by atoms with Gasteiger partial charge >= 0.3 is 6.09 Å². The Morgan fingerprint density at radius 2 is 2.08 bits per heavy atom. The summed E-state index contributed by atoms with van der Waals surface area (Å²) >= 11 is 0. The molecule has 1 aromatic rings. The van der Waals surface area contributed by atoms with E-state index in [-0.39, 0.29) is 18.0 Å². The Bertz CT molecular complexity index is 720. The van der Waals surface area contributed by atoms with E-state index in [1.165, 1.54) is 7.11 Å². The lowest BCUT2D eigenvalue weighted by molar-refractivity contribution is 0.0520. The molecule has 2 aliphatic rings. The van der Waals surface area contributed by atoms with E-state index in [9.17, 15) is 14.9 Å². The molecule has 2 amide bonds. The normalized spacial score (nSPS) is 20.2. The first-order chi connectivity index (χ1) is 12.1. The van der Waals surface area contributed by atoms with Crippen LogP contribution in [0.1, 0.15) is 41.7 Å². The van der Waals surface area contributed by atoms with Gasteiger partial charge < -0.3 is 19.3 Å². The molecule has 7 nitrogen and oxygen atoms in total. The Balaban J connectivity index is 1.79. The van der Waals surface area contributed by atoms with E-state index in [1.807, 2.05) is 0 Å². The van der Waals surface area contributed by atoms with Gasteiger partial charge in [0.15, 0.2) is 0 Å². The molecule has 7 heteroatoms. The first-order valence-corrected chi connectivity index (χ1v) is 8.43. The molecular formula is C18H21N3O4. The van der Waals surface area contributed by atoms with Gasteiger partial charge in [0.05, 0.1) is 25.3 Å². The van der Waals surface area contributed by atoms with E-state index in [2.05, 4.69) is 6.07 Å². The van der Waals surface area contributed by atoms with Crippen molar-refractivity contribution in [2.24, 2.45) is 0 Å². The summed E-state index contributed by atoms with van der Waals surface area (Å²) in [5.74, 6) is 0.322. The summed E-state index contributed by atoms with van der Waals surface area (Å²) in [5, 5.41) is 9.64. The Hall–Kier alpha value is -2.75. The molecule has 3 rings (SSSR count). The largest absolute Gasteiger partial charge is 0.496 e. The van der Waals surface area contributed by atoms with Crippen LogP contribution in [0.4, 0.5) is 4.79 Å². The molecule has 1 unspecified atom stereocenters. The predicted molar refractivity (Wildman–Crippen MR) is 89.1 cm³/mol. The quantitative estimate of drug-likeness (QED) is 0.841. The molecule has 1 fully saturated rings. The van der Waals surface area contributed by atoms with E-state index in [1.54, 1.807) is 34.9 Å². The van der Waals surface area contributed by atoms with Gasteiger partial charge in [0.25, 0.3) is 5.91 Å². The zero-order chi connectivity index (χ0) is 18.0. The summed E-state index contributed by atoms with van der Waals surface area (Å²) in [5.41, 5.74) is 1.17. The number of methoxy groups -OCH3 is 1. The second-order valence-electron chi connectivity index (χ2n) is 6.09. The molecule has 1 atom stereocenters. The highest BCUT2D eigenvalue weighted by atomic mass is 16.6. The monoisotopic (exact) mass is 343 g/mol. The maximum absolute atomic E-state index is 13.0. The molecule has 1 saturated heterocycles. The number of rotatable bonds is 3. The molecule has 0 saturated carbocycles. The molecule has 0 spiro atoms. The number of likely N-dealkylation sites (tertiary alicyclic amines) is 1. The number of fused-ring (bicyclic) bond motifs is 1. The Labute approximate surface area is 146 Å². The summed E-state index contributed by atoms with van der Waals surface area (Å²) in [6, 6.07) is 6.88. The minimum Gasteiger partial charge on any atom is -0.496 e. The molecule has 0 bridgehead atoms. The smallest absolute Gasteiger partial charge is 0.409 e. The van der Waals surface area contributed by atoms with E-state index in [0.717, 1.165) is 0 Å². The molecular weight excluding hydrogens is 322 g/mol. The standard InChI is InChI=1S/C18H21N3O4/c1-3-25-18(23)20-9-7-12(8-10-20)21-14(11-19)13-5-4-6-15(24-2)16(13)17(21)22/h4-6,12,14H,3,7-10H2,1-2H3. The Kier molecular flexibility index (Phi) is 4.79. The van der Waals surface area contributed by atoms with Crippen molar-refractivity contribution in [3.05, 3.63) is 29.3 Å². The van der Waals surface area contributed by atoms with Gasteiger partial charge in [-0.3, -0.25) is 4.79 Å². The summed E-state index contributed by atoms with van der Waals surface area (Å²) in [7, 11) is 1.52. The van der Waals surface area contributed by atoms with Crippen LogP contribution in [0.2, 0.25) is 0 Å². The molecule has 132 valence electrons. The maximum atomic E-state index is 13.0. The van der Waals surface area contributed by atoms with E-state index >= 15 is 0 Å². The third kappa shape index (κ3) is 2.88. The topological polar surface area (TPSA) is 82.9 Å². The second-order valence-corrected chi connectivity index (χ2v) is 6.09. The number of ether oxygens (including phenoxy) is 2. The molecule has 0 radical (unpaired) electrons. The number of piperidine rings is 1. The molecule has 2 heterocycles. The number of hydrogen-bond acceptors (Lipinski definition) is 5. The molecule has 0 aliphatic carbocycles. The summed E-state index contributed by atoms with van der Waals surface area (Å²) in [6.45, 7) is 3.14. The van der Waals surface area contributed by atoms with Crippen LogP contribution in [0.5, 0.6) is 5.75 Å². The van der Waals surface area contributed by atoms with Gasteiger partial charge in [0, 0.05) is 24.7 Å². The van der Waals surface area contributed by atoms with Gasteiger partial charge in [0.1, 0.15) is 11.8 Å². The van der Waals surface area contributed by atoms with E-state index < -0.39 is 6.04 Å². The van der Waals surface area contributed by atoms with Crippen LogP contribution < -0.4 is 4.74 Å². The van der Waals surface area contributed by atoms with Gasteiger partial charge in [-0.1, -0.05) is 12.1 Å². The first-order valence-electron chi connectivity index (χ1n) is 8.43. The number of benzene rings is 1. The molecule has 0 aromatic heterocycles. The van der Waals surface area contributed by atoms with Gasteiger partial charge in [-0.15, -0.1) is 0 Å². The lowest BCUT2D eigenvalue weighted by Gasteiger charge is -2.37. The minimum atomic E-state index is -0.614. The fraction of sp³-hybridized carbons (Fsp3) is 0.500. The first kappa shape index (κ1) is 17.1. The third-order valence-corrected chi connectivity index (χ3v) is 4.81. The fourth-order valence-electron chi connectivity index (χ4n) is 3.62.